The van der Waals surface area contributed by atoms with Crippen LogP contribution in [0.1, 0.15) is 258 Å². The number of benzene rings is 10. The predicted molar refractivity (Wildman–Crippen MR) is 494 cm³/mol. The molecule has 0 spiro atoms. The minimum atomic E-state index is -4.09. The zero-order valence-electron chi connectivity index (χ0n) is 73.4. The van der Waals surface area contributed by atoms with E-state index >= 15 is 0 Å². The van der Waals surface area contributed by atoms with Gasteiger partial charge in [-0.25, -0.2) is 0 Å². The topological polar surface area (TPSA) is 0 Å². The van der Waals surface area contributed by atoms with Crippen LogP contribution in [0.5, 0.6) is 0 Å². The van der Waals surface area contributed by atoms with Crippen molar-refractivity contribution in [1.82, 2.24) is 0 Å². The van der Waals surface area contributed by atoms with Gasteiger partial charge in [-0.15, -0.1) is 0 Å². The van der Waals surface area contributed by atoms with Crippen molar-refractivity contribution in [2.75, 3.05) is 0 Å². The molecule has 8 heteroatoms. The fraction of sp³-hybridized carbons (Fsp3) is 0.444. The average molecular weight is 1650 g/mol. The van der Waals surface area contributed by atoms with Gasteiger partial charge in [0.25, 0.3) is 0 Å². The van der Waals surface area contributed by atoms with Crippen LogP contribution in [-0.2, 0) is 0 Å². The molecule has 14 rings (SSSR count). The first-order valence-corrected chi connectivity index (χ1v) is 52.4. The van der Waals surface area contributed by atoms with E-state index in [0.29, 0.717) is 37.0 Å². The molecule has 0 bridgehead atoms. The zero-order chi connectivity index (χ0) is 83.9. The van der Waals surface area contributed by atoms with Crippen LogP contribution in [0.15, 0.2) is 243 Å². The predicted octanol–water partition coefficient (Wildman–Crippen LogP) is 33.3. The molecule has 0 atom stereocenters. The van der Waals surface area contributed by atoms with E-state index in [0.717, 1.165) is 23.0 Å². The molecule has 0 radical (unpaired) electrons. The molecule has 4 fully saturated rings. The molecule has 10 aromatic carbocycles. The van der Waals surface area contributed by atoms with Crippen molar-refractivity contribution in [3.05, 3.63) is 298 Å². The van der Waals surface area contributed by atoms with Gasteiger partial charge in [0.2, 0.25) is 0 Å². The van der Waals surface area contributed by atoms with Crippen molar-refractivity contribution in [3.8, 4) is 44.5 Å². The maximum absolute atomic E-state index is 13.1. The Hall–Kier alpha value is -7.46. The van der Waals surface area contributed by atoms with Gasteiger partial charge in [-0.05, 0) is 209 Å². The van der Waals surface area contributed by atoms with Crippen LogP contribution < -0.4 is 9.58 Å². The maximum atomic E-state index is 13.1. The van der Waals surface area contributed by atoms with Crippen LogP contribution in [0.2, 0.25) is 33.9 Å². The van der Waals surface area contributed by atoms with Crippen LogP contribution in [0, 0.1) is 57.8 Å². The first kappa shape index (κ1) is 92.4. The molecule has 0 amide bonds. The SMILES string of the molecule is CC[Si](CC)(CC)c1ccc(-c2ccc(C)cc2)cc1.C[CH2][Ge]([CH2]C)([CH2]C)[c]1ccc(-c2ccc(C)cc2)cc1.Cc1ccc(-c2ccc(C3CCC(C)(C(F)(F)F)CC3)cc2)cc1.Cc1ccc(-c2ccc(C3CCC(C)(C)CC3)cc2)cc1.Cc1ccc(C2CCC(C)(C(F)(F)F)CC2)cc1.Cc1ccc(C2CCCCC2)cc1. The molecule has 10 aromatic rings. The maximum Gasteiger partial charge on any atom is 0.394 e. The summed E-state index contributed by atoms with van der Waals surface area (Å²) in [4.78, 5) is 0. The largest absolute Gasteiger partial charge is 0.394 e. The molecule has 0 aromatic heterocycles. The fourth-order valence-corrected chi connectivity index (χ4v) is 29.4. The van der Waals surface area contributed by atoms with Crippen molar-refractivity contribution < 1.29 is 26.3 Å². The Morgan fingerprint density at radius 3 is 0.724 bits per heavy atom. The normalized spacial score (nSPS) is 19.2. The Morgan fingerprint density at radius 1 is 0.276 bits per heavy atom. The molecule has 0 aliphatic heterocycles. The van der Waals surface area contributed by atoms with E-state index in [-0.39, 0.29) is 31.6 Å². The van der Waals surface area contributed by atoms with Gasteiger partial charge >= 0.3 is 139 Å². The molecule has 0 N–H and O–H groups in total. The summed E-state index contributed by atoms with van der Waals surface area (Å²) in [5.41, 5.74) is 21.0. The summed E-state index contributed by atoms with van der Waals surface area (Å²) in [6.45, 7) is 34.5. The Bertz CT molecular complexity index is 4360. The molecule has 620 valence electrons. The minimum Gasteiger partial charge on any atom is -0.171 e. The van der Waals surface area contributed by atoms with Crippen LogP contribution in [0.4, 0.5) is 26.3 Å². The zero-order valence-corrected chi connectivity index (χ0v) is 76.5. The van der Waals surface area contributed by atoms with Gasteiger partial charge in [0.1, 0.15) is 0 Å². The van der Waals surface area contributed by atoms with E-state index in [4.69, 9.17) is 0 Å². The van der Waals surface area contributed by atoms with Crippen LogP contribution in [0.3, 0.4) is 0 Å². The van der Waals surface area contributed by atoms with Crippen molar-refractivity contribution in [1.29, 1.82) is 0 Å². The molecule has 4 aliphatic rings. The number of rotatable bonds is 16. The van der Waals surface area contributed by atoms with E-state index in [1.807, 2.05) is 19.1 Å². The molecule has 4 saturated carbocycles. The van der Waals surface area contributed by atoms with Gasteiger partial charge in [0.05, 0.1) is 18.9 Å². The second-order valence-corrected chi connectivity index (χ2v) is 52.6. The molecule has 0 saturated heterocycles. The first-order valence-electron chi connectivity index (χ1n) is 44.3. The van der Waals surface area contributed by atoms with Crippen LogP contribution >= 0.6 is 0 Å². The van der Waals surface area contributed by atoms with Crippen molar-refractivity contribution in [2.45, 2.75) is 290 Å². The molecule has 4 aliphatic carbocycles. The average Bonchev–Trinajstić information content (AvgIpc) is 0.788. The van der Waals surface area contributed by atoms with Gasteiger partial charge in [-0.3, -0.25) is 0 Å². The Labute approximate surface area is 701 Å². The van der Waals surface area contributed by atoms with Crippen LogP contribution in [0.25, 0.3) is 44.5 Å². The van der Waals surface area contributed by atoms with Crippen LogP contribution in [-0.4, -0.2) is 33.7 Å². The third-order valence-corrected chi connectivity index (χ3v) is 45.4. The fourth-order valence-electron chi connectivity index (χ4n) is 18.2. The standard InChI is InChI=1S/C21H23F3.C21H26.C19H26Ge.C19H26Si.C15H19F3.C13H18/c1-15-3-5-16(6-4-15)17-7-9-18(10-8-17)19-11-13-20(2,14-12-19)21(22,23)24;1-16-4-6-17(7-5-16)18-8-10-19(11-9-18)20-12-14-21(2,3)15-13-20;2*1-5-20(6-2,7-3)19-14-12-18(13-15-19)17-10-8-16(4)9-11-17;1-11-3-5-12(6-4-11)13-7-9-14(2,10-8-13)15(16,17)18;1-11-7-9-13(10-8-11)12-5-3-2-4-6-12/h3-10,19H,11-14H2,1-2H3;4-11,20H,12-15H2,1-3H3;2*8-15H,5-7H2,1-4H3;3-6,13H,7-10H2,1-2H3;7-10,12H,2-6H2,1H3. The van der Waals surface area contributed by atoms with Crippen molar-refractivity contribution >= 4 is 30.9 Å². The second kappa shape index (κ2) is 42.5. The van der Waals surface area contributed by atoms with Gasteiger partial charge < -0.3 is 0 Å². The van der Waals surface area contributed by atoms with Gasteiger partial charge in [0.15, 0.2) is 0 Å². The number of halogens is 6. The van der Waals surface area contributed by atoms with Gasteiger partial charge in [0, 0.05) is 0 Å². The number of hydrogen-bond acceptors (Lipinski definition) is 0. The Morgan fingerprint density at radius 2 is 0.483 bits per heavy atom. The molecule has 0 unspecified atom stereocenters. The summed E-state index contributed by atoms with van der Waals surface area (Å²) >= 11 is -1.78. The summed E-state index contributed by atoms with van der Waals surface area (Å²) in [7, 11) is -1.23. The third kappa shape index (κ3) is 25.3. The van der Waals surface area contributed by atoms with E-state index in [2.05, 4.69) is 321 Å². The van der Waals surface area contributed by atoms with Gasteiger partial charge in [-0.1, -0.05) is 313 Å². The van der Waals surface area contributed by atoms with E-state index < -0.39 is 44.5 Å². The summed E-state index contributed by atoms with van der Waals surface area (Å²) in [5.74, 6) is 2.16. The van der Waals surface area contributed by atoms with Gasteiger partial charge in [-0.2, -0.15) is 26.3 Å². The summed E-state index contributed by atoms with van der Waals surface area (Å²) in [6, 6.07) is 92.6. The third-order valence-electron chi connectivity index (χ3n) is 27.9. The molecule has 0 nitrogen and oxygen atoms in total. The number of alkyl halides is 6. The summed E-state index contributed by atoms with van der Waals surface area (Å²) in [6.07, 6.45) is 7.80. The molecule has 0 heterocycles. The van der Waals surface area contributed by atoms with E-state index in [1.165, 1.54) is 189 Å². The molecular formula is C108H138F6GeSi. The van der Waals surface area contributed by atoms with E-state index in [1.54, 1.807) is 15.1 Å². The van der Waals surface area contributed by atoms with Crippen molar-refractivity contribution in [2.24, 2.45) is 16.2 Å². The molecule has 116 heavy (non-hydrogen) atoms. The Balaban J connectivity index is 0.000000160. The molecular weight excluding hydrogens is 1510 g/mol. The summed E-state index contributed by atoms with van der Waals surface area (Å²) < 4.78 is 79.8. The number of hydrogen-bond donors (Lipinski definition) is 0. The monoisotopic (exact) mass is 1650 g/mol. The summed E-state index contributed by atoms with van der Waals surface area (Å²) in [5, 5.41) is 5.82. The smallest absolute Gasteiger partial charge is 0.171 e. The quantitative estimate of drug-likeness (QED) is 0.0668. The number of aryl methyl sites for hydroxylation is 6. The Kier molecular flexibility index (Phi) is 33.8. The van der Waals surface area contributed by atoms with E-state index in [9.17, 15) is 26.3 Å². The first-order chi connectivity index (χ1) is 55.3. The second-order valence-electron chi connectivity index (χ2n) is 36.3. The van der Waals surface area contributed by atoms with Crippen molar-refractivity contribution in [3.63, 3.8) is 0 Å². The minimum absolute atomic E-state index is 0.223.